The number of fused-ring (bicyclic) bond motifs is 1. The van der Waals surface area contributed by atoms with E-state index in [4.69, 9.17) is 4.74 Å². The Labute approximate surface area is 111 Å². The van der Waals surface area contributed by atoms with Gasteiger partial charge in [0.1, 0.15) is 0 Å². The average Bonchev–Trinajstić information content (AvgIpc) is 2.48. The lowest BCUT2D eigenvalue weighted by Crippen LogP contribution is -2.17. The van der Waals surface area contributed by atoms with Crippen molar-refractivity contribution >= 4 is 22.5 Å². The molecule has 1 aromatic heterocycles. The van der Waals surface area contributed by atoms with E-state index in [1.54, 1.807) is 12.5 Å². The number of nitrogens with one attached hydrogen (secondary N) is 1. The summed E-state index contributed by atoms with van der Waals surface area (Å²) in [5.74, 6) is -0.113. The van der Waals surface area contributed by atoms with Gasteiger partial charge in [0.2, 0.25) is 0 Å². The van der Waals surface area contributed by atoms with E-state index in [1.807, 2.05) is 30.3 Å². The van der Waals surface area contributed by atoms with Crippen LogP contribution in [0.2, 0.25) is 0 Å². The van der Waals surface area contributed by atoms with E-state index in [9.17, 15) is 4.79 Å². The third-order valence-electron chi connectivity index (χ3n) is 3.11. The van der Waals surface area contributed by atoms with E-state index >= 15 is 0 Å². The quantitative estimate of drug-likeness (QED) is 0.896. The molecule has 19 heavy (non-hydrogen) atoms. The number of nitrogens with zero attached hydrogens (tertiary/aromatic N) is 1. The summed E-state index contributed by atoms with van der Waals surface area (Å²) in [4.78, 5) is 16.4. The summed E-state index contributed by atoms with van der Waals surface area (Å²) < 4.78 is 5.19. The number of benzene rings is 1. The number of anilines is 1. The van der Waals surface area contributed by atoms with Gasteiger partial charge in [-0.2, -0.15) is 0 Å². The first-order chi connectivity index (χ1) is 9.34. The smallest absolute Gasteiger partial charge is 0.254 e. The van der Waals surface area contributed by atoms with E-state index in [0.29, 0.717) is 12.2 Å². The van der Waals surface area contributed by atoms with E-state index in [1.165, 1.54) is 0 Å². The summed E-state index contributed by atoms with van der Waals surface area (Å²) in [6.07, 6.45) is 4.91. The van der Waals surface area contributed by atoms with Crippen LogP contribution in [-0.4, -0.2) is 17.5 Å². The maximum Gasteiger partial charge on any atom is 0.254 e. The number of hydrogen-bond donors (Lipinski definition) is 1. The van der Waals surface area contributed by atoms with Crippen molar-refractivity contribution in [2.75, 3.05) is 11.9 Å². The molecule has 0 radical (unpaired) electrons. The fraction of sp³-hybridized carbons (Fsp3) is 0.200. The third-order valence-corrected chi connectivity index (χ3v) is 3.11. The molecule has 1 aliphatic heterocycles. The molecule has 1 amide bonds. The highest BCUT2D eigenvalue weighted by molar-refractivity contribution is 6.07. The number of amides is 1. The summed E-state index contributed by atoms with van der Waals surface area (Å²) in [7, 11) is 0. The lowest BCUT2D eigenvalue weighted by atomic mass is 10.1. The standard InChI is InChI=1S/C15H14N2O2/c18-15(12-6-3-9-19-10-12)17-13-7-1-4-11-5-2-8-16-14(11)13/h1-2,4-5,7-8,10H,3,6,9H2,(H,17,18). The number of pyridine rings is 1. The topological polar surface area (TPSA) is 51.2 Å². The summed E-state index contributed by atoms with van der Waals surface area (Å²) in [5.41, 5.74) is 2.21. The average molecular weight is 254 g/mol. The van der Waals surface area contributed by atoms with Crippen LogP contribution in [0.5, 0.6) is 0 Å². The molecule has 2 aromatic rings. The van der Waals surface area contributed by atoms with Gasteiger partial charge < -0.3 is 10.1 Å². The zero-order valence-corrected chi connectivity index (χ0v) is 10.4. The number of carbonyl (C=O) groups is 1. The molecule has 4 heteroatoms. The van der Waals surface area contributed by atoms with E-state index in [0.717, 1.165) is 29.4 Å². The molecule has 0 fully saturated rings. The molecule has 96 valence electrons. The van der Waals surface area contributed by atoms with E-state index < -0.39 is 0 Å². The molecule has 0 atom stereocenters. The van der Waals surface area contributed by atoms with Gasteiger partial charge in [-0.1, -0.05) is 18.2 Å². The summed E-state index contributed by atoms with van der Waals surface area (Å²) in [5, 5.41) is 3.91. The Hall–Kier alpha value is -2.36. The van der Waals surface area contributed by atoms with Gasteiger partial charge in [0.25, 0.3) is 5.91 Å². The minimum Gasteiger partial charge on any atom is -0.501 e. The highest BCUT2D eigenvalue weighted by Crippen LogP contribution is 2.22. The second-order valence-corrected chi connectivity index (χ2v) is 4.45. The van der Waals surface area contributed by atoms with Gasteiger partial charge in [-0.25, -0.2) is 0 Å². The molecule has 0 aliphatic carbocycles. The van der Waals surface area contributed by atoms with Crippen molar-refractivity contribution in [3.05, 3.63) is 48.4 Å². The lowest BCUT2D eigenvalue weighted by molar-refractivity contribution is -0.113. The van der Waals surface area contributed by atoms with Crippen LogP contribution in [0.25, 0.3) is 10.9 Å². The molecule has 0 spiro atoms. The molecule has 2 heterocycles. The zero-order chi connectivity index (χ0) is 13.1. The summed E-state index contributed by atoms with van der Waals surface area (Å²) >= 11 is 0. The third kappa shape index (κ3) is 2.42. The highest BCUT2D eigenvalue weighted by atomic mass is 16.5. The molecule has 3 rings (SSSR count). The second-order valence-electron chi connectivity index (χ2n) is 4.45. The highest BCUT2D eigenvalue weighted by Gasteiger charge is 2.14. The predicted molar refractivity (Wildman–Crippen MR) is 73.6 cm³/mol. The van der Waals surface area contributed by atoms with Crippen LogP contribution in [0.3, 0.4) is 0 Å². The summed E-state index contributed by atoms with van der Waals surface area (Å²) in [6.45, 7) is 0.687. The van der Waals surface area contributed by atoms with Gasteiger partial charge >= 0.3 is 0 Å². The normalized spacial score (nSPS) is 14.6. The van der Waals surface area contributed by atoms with Crippen LogP contribution in [-0.2, 0) is 9.53 Å². The molecule has 4 nitrogen and oxygen atoms in total. The van der Waals surface area contributed by atoms with Gasteiger partial charge in [-0.3, -0.25) is 9.78 Å². The molecule has 0 unspecified atom stereocenters. The maximum atomic E-state index is 12.1. The first-order valence-electron chi connectivity index (χ1n) is 6.30. The fourth-order valence-electron chi connectivity index (χ4n) is 2.14. The van der Waals surface area contributed by atoms with Crippen LogP contribution < -0.4 is 5.32 Å². The van der Waals surface area contributed by atoms with Crippen molar-refractivity contribution in [3.8, 4) is 0 Å². The Morgan fingerprint density at radius 1 is 1.26 bits per heavy atom. The van der Waals surface area contributed by atoms with Crippen molar-refractivity contribution in [3.63, 3.8) is 0 Å². The van der Waals surface area contributed by atoms with Crippen molar-refractivity contribution in [2.45, 2.75) is 12.8 Å². The monoisotopic (exact) mass is 254 g/mol. The first kappa shape index (κ1) is 11.7. The summed E-state index contributed by atoms with van der Waals surface area (Å²) in [6, 6.07) is 9.59. The van der Waals surface area contributed by atoms with Crippen molar-refractivity contribution < 1.29 is 9.53 Å². The number of hydrogen-bond acceptors (Lipinski definition) is 3. The number of carbonyl (C=O) groups excluding carboxylic acids is 1. The Bertz CT molecular complexity index is 644. The van der Waals surface area contributed by atoms with Gasteiger partial charge in [-0.05, 0) is 25.0 Å². The van der Waals surface area contributed by atoms with Gasteiger partial charge in [-0.15, -0.1) is 0 Å². The van der Waals surface area contributed by atoms with Gasteiger partial charge in [0.15, 0.2) is 0 Å². The zero-order valence-electron chi connectivity index (χ0n) is 10.4. The fourth-order valence-corrected chi connectivity index (χ4v) is 2.14. The maximum absolute atomic E-state index is 12.1. The van der Waals surface area contributed by atoms with Crippen molar-refractivity contribution in [2.24, 2.45) is 0 Å². The molecule has 0 bridgehead atoms. The molecule has 0 saturated carbocycles. The Morgan fingerprint density at radius 3 is 3.00 bits per heavy atom. The van der Waals surface area contributed by atoms with E-state index in [2.05, 4.69) is 10.3 Å². The van der Waals surface area contributed by atoms with Crippen LogP contribution in [0, 0.1) is 0 Å². The molecular weight excluding hydrogens is 240 g/mol. The van der Waals surface area contributed by atoms with Crippen LogP contribution in [0.15, 0.2) is 48.4 Å². The number of ether oxygens (including phenoxy) is 1. The molecule has 1 N–H and O–H groups in total. The number of rotatable bonds is 2. The number of aromatic nitrogens is 1. The molecule has 0 saturated heterocycles. The predicted octanol–water partition coefficient (Wildman–Crippen LogP) is 2.87. The molecular formula is C15H14N2O2. The van der Waals surface area contributed by atoms with Crippen LogP contribution in [0.4, 0.5) is 5.69 Å². The Balaban J connectivity index is 1.89. The number of para-hydroxylation sites is 1. The van der Waals surface area contributed by atoms with Crippen molar-refractivity contribution in [1.82, 2.24) is 4.98 Å². The van der Waals surface area contributed by atoms with Gasteiger partial charge in [0.05, 0.1) is 29.6 Å². The van der Waals surface area contributed by atoms with Crippen LogP contribution in [0.1, 0.15) is 12.8 Å². The second kappa shape index (κ2) is 5.10. The largest absolute Gasteiger partial charge is 0.501 e. The molecule has 1 aromatic carbocycles. The molecule has 1 aliphatic rings. The Kier molecular flexibility index (Phi) is 3.14. The SMILES string of the molecule is O=C(Nc1cccc2cccnc12)C1=COCCC1. The van der Waals surface area contributed by atoms with Gasteiger partial charge in [0, 0.05) is 11.6 Å². The first-order valence-corrected chi connectivity index (χ1v) is 6.30. The Morgan fingerprint density at radius 2 is 2.16 bits per heavy atom. The van der Waals surface area contributed by atoms with Crippen LogP contribution >= 0.6 is 0 Å². The minimum absolute atomic E-state index is 0.113. The van der Waals surface area contributed by atoms with E-state index in [-0.39, 0.29) is 5.91 Å². The minimum atomic E-state index is -0.113. The lowest BCUT2D eigenvalue weighted by Gasteiger charge is -2.14. The van der Waals surface area contributed by atoms with Crippen molar-refractivity contribution in [1.29, 1.82) is 0 Å².